The molecule has 1 aromatic rings. The van der Waals surface area contributed by atoms with Gasteiger partial charge in [-0.25, -0.2) is 4.39 Å². The molecule has 0 bridgehead atoms. The maximum atomic E-state index is 13.2. The smallest absolute Gasteiger partial charge is 0.123 e. The zero-order chi connectivity index (χ0) is 13.8. The van der Waals surface area contributed by atoms with E-state index in [1.165, 1.54) is 6.07 Å². The molecule has 19 heavy (non-hydrogen) atoms. The summed E-state index contributed by atoms with van der Waals surface area (Å²) in [5, 5.41) is 3.79. The molecule has 2 saturated carbocycles. The van der Waals surface area contributed by atoms with Gasteiger partial charge in [-0.3, -0.25) is 0 Å². The number of rotatable bonds is 3. The Balaban J connectivity index is 1.54. The Morgan fingerprint density at radius 3 is 2.26 bits per heavy atom. The predicted octanol–water partition coefficient (Wildman–Crippen LogP) is 4.10. The highest BCUT2D eigenvalue weighted by molar-refractivity contribution is 5.25. The van der Waals surface area contributed by atoms with Crippen molar-refractivity contribution in [3.8, 4) is 0 Å². The van der Waals surface area contributed by atoms with Crippen LogP contribution in [0.4, 0.5) is 4.39 Å². The molecule has 0 amide bonds. The Kier molecular flexibility index (Phi) is 2.79. The van der Waals surface area contributed by atoms with Crippen molar-refractivity contribution < 1.29 is 4.39 Å². The second-order valence-electron chi connectivity index (χ2n) is 7.46. The van der Waals surface area contributed by atoms with Gasteiger partial charge >= 0.3 is 0 Å². The van der Waals surface area contributed by atoms with Crippen molar-refractivity contribution in [1.29, 1.82) is 0 Å². The molecule has 104 valence electrons. The van der Waals surface area contributed by atoms with Gasteiger partial charge < -0.3 is 5.32 Å². The van der Waals surface area contributed by atoms with Gasteiger partial charge in [0, 0.05) is 12.1 Å². The van der Waals surface area contributed by atoms with Gasteiger partial charge in [-0.2, -0.15) is 0 Å². The first-order valence-electron chi connectivity index (χ1n) is 7.34. The fourth-order valence-corrected chi connectivity index (χ4v) is 3.64. The summed E-state index contributed by atoms with van der Waals surface area (Å²) in [6.07, 6.45) is 2.29. The fourth-order valence-electron chi connectivity index (χ4n) is 3.64. The zero-order valence-corrected chi connectivity index (χ0v) is 12.3. The van der Waals surface area contributed by atoms with E-state index in [9.17, 15) is 4.39 Å². The quantitative estimate of drug-likeness (QED) is 0.864. The summed E-state index contributed by atoms with van der Waals surface area (Å²) in [6, 6.07) is 8.31. The summed E-state index contributed by atoms with van der Waals surface area (Å²) in [5.41, 5.74) is 1.96. The van der Waals surface area contributed by atoms with E-state index in [1.807, 2.05) is 6.07 Å². The van der Waals surface area contributed by atoms with Crippen LogP contribution in [0.2, 0.25) is 0 Å². The topological polar surface area (TPSA) is 12.0 Å². The van der Waals surface area contributed by atoms with E-state index >= 15 is 0 Å². The molecule has 0 atom stereocenters. The molecule has 2 fully saturated rings. The largest absolute Gasteiger partial charge is 0.310 e. The summed E-state index contributed by atoms with van der Waals surface area (Å²) in [5.74, 6) is 0.427. The summed E-state index contributed by atoms with van der Waals surface area (Å²) >= 11 is 0. The molecule has 1 nitrogen and oxygen atoms in total. The molecule has 0 aliphatic heterocycles. The summed E-state index contributed by atoms with van der Waals surface area (Å²) < 4.78 is 13.2. The van der Waals surface area contributed by atoms with Gasteiger partial charge in [0.05, 0.1) is 0 Å². The molecule has 0 heterocycles. The number of hydrogen-bond donors (Lipinski definition) is 1. The first-order valence-corrected chi connectivity index (χ1v) is 7.34. The number of nitrogens with one attached hydrogen (secondary N) is 1. The van der Waals surface area contributed by atoms with Crippen LogP contribution in [0, 0.1) is 16.6 Å². The van der Waals surface area contributed by atoms with Crippen molar-refractivity contribution in [3.63, 3.8) is 0 Å². The summed E-state index contributed by atoms with van der Waals surface area (Å²) in [6.45, 7) is 9.36. The standard InChI is InChI=1S/C17H24FN/c1-16(2)15(17(16,3)4)19-14-9-12(10-14)11-6-5-7-13(18)8-11/h5-8,12,14-15,19H,9-10H2,1-4H3. The predicted molar refractivity (Wildman–Crippen MR) is 76.6 cm³/mol. The van der Waals surface area contributed by atoms with Crippen LogP contribution in [-0.4, -0.2) is 12.1 Å². The van der Waals surface area contributed by atoms with Crippen molar-refractivity contribution in [3.05, 3.63) is 35.6 Å². The Labute approximate surface area is 115 Å². The molecule has 0 saturated heterocycles. The minimum absolute atomic E-state index is 0.113. The van der Waals surface area contributed by atoms with E-state index in [1.54, 1.807) is 6.07 Å². The van der Waals surface area contributed by atoms with Crippen LogP contribution in [-0.2, 0) is 0 Å². The van der Waals surface area contributed by atoms with Crippen LogP contribution in [0.15, 0.2) is 24.3 Å². The first-order chi connectivity index (χ1) is 8.82. The summed E-state index contributed by atoms with van der Waals surface area (Å²) in [4.78, 5) is 0. The number of benzene rings is 1. The number of hydrogen-bond acceptors (Lipinski definition) is 1. The van der Waals surface area contributed by atoms with E-state index in [4.69, 9.17) is 0 Å². The zero-order valence-electron chi connectivity index (χ0n) is 12.3. The molecule has 2 heteroatoms. The Bertz CT molecular complexity index is 472. The maximum Gasteiger partial charge on any atom is 0.123 e. The van der Waals surface area contributed by atoms with E-state index < -0.39 is 0 Å². The summed E-state index contributed by atoms with van der Waals surface area (Å²) in [7, 11) is 0. The van der Waals surface area contributed by atoms with Crippen molar-refractivity contribution in [1.82, 2.24) is 5.32 Å². The molecule has 0 radical (unpaired) electrons. The third-order valence-corrected chi connectivity index (χ3v) is 5.88. The van der Waals surface area contributed by atoms with Gasteiger partial charge in [0.15, 0.2) is 0 Å². The van der Waals surface area contributed by atoms with E-state index in [2.05, 4.69) is 39.1 Å². The molecule has 2 aliphatic rings. The monoisotopic (exact) mass is 261 g/mol. The average Bonchev–Trinajstić information content (AvgIpc) is 2.63. The SMILES string of the molecule is CC1(C)C(NC2CC(c3cccc(F)c3)C2)C1(C)C. The molecule has 0 aromatic heterocycles. The van der Waals surface area contributed by atoms with Crippen LogP contribution in [0.3, 0.4) is 0 Å². The minimum Gasteiger partial charge on any atom is -0.310 e. The molecular formula is C17H24FN. The van der Waals surface area contributed by atoms with Gasteiger partial charge in [0.2, 0.25) is 0 Å². The highest BCUT2D eigenvalue weighted by atomic mass is 19.1. The van der Waals surface area contributed by atoms with Gasteiger partial charge in [0.1, 0.15) is 5.82 Å². The van der Waals surface area contributed by atoms with Gasteiger partial charge in [-0.15, -0.1) is 0 Å². The normalized spacial score (nSPS) is 31.8. The molecule has 2 aliphatic carbocycles. The van der Waals surface area contributed by atoms with Crippen molar-refractivity contribution in [2.45, 2.75) is 58.5 Å². The van der Waals surface area contributed by atoms with Gasteiger partial charge in [-0.1, -0.05) is 39.8 Å². The minimum atomic E-state index is -0.113. The van der Waals surface area contributed by atoms with Crippen LogP contribution in [0.25, 0.3) is 0 Å². The Hall–Kier alpha value is -0.890. The second kappa shape index (κ2) is 4.05. The lowest BCUT2D eigenvalue weighted by Gasteiger charge is -2.37. The number of halogens is 1. The second-order valence-corrected chi connectivity index (χ2v) is 7.46. The van der Waals surface area contributed by atoms with Crippen molar-refractivity contribution in [2.24, 2.45) is 10.8 Å². The highest BCUT2D eigenvalue weighted by Crippen LogP contribution is 2.63. The fraction of sp³-hybridized carbons (Fsp3) is 0.647. The molecular weight excluding hydrogens is 237 g/mol. The molecule has 1 aromatic carbocycles. The third-order valence-electron chi connectivity index (χ3n) is 5.88. The molecule has 1 N–H and O–H groups in total. The van der Waals surface area contributed by atoms with E-state index in [0.717, 1.165) is 18.4 Å². The first kappa shape index (κ1) is 13.1. The Morgan fingerprint density at radius 2 is 1.74 bits per heavy atom. The molecule has 0 spiro atoms. The molecule has 3 rings (SSSR count). The van der Waals surface area contributed by atoms with Crippen molar-refractivity contribution >= 4 is 0 Å². The lowest BCUT2D eigenvalue weighted by molar-refractivity contribution is 0.275. The lowest BCUT2D eigenvalue weighted by Crippen LogP contribution is -2.43. The third kappa shape index (κ3) is 2.01. The molecule has 0 unspecified atom stereocenters. The lowest BCUT2D eigenvalue weighted by atomic mass is 9.75. The highest BCUT2D eigenvalue weighted by Gasteiger charge is 2.65. The maximum absolute atomic E-state index is 13.2. The van der Waals surface area contributed by atoms with Gasteiger partial charge in [-0.05, 0) is 47.3 Å². The van der Waals surface area contributed by atoms with Gasteiger partial charge in [0.25, 0.3) is 0 Å². The average molecular weight is 261 g/mol. The van der Waals surface area contributed by atoms with Crippen LogP contribution in [0.1, 0.15) is 52.0 Å². The Morgan fingerprint density at radius 1 is 1.11 bits per heavy atom. The van der Waals surface area contributed by atoms with Crippen LogP contribution in [0.5, 0.6) is 0 Å². The van der Waals surface area contributed by atoms with E-state index in [0.29, 0.717) is 28.8 Å². The van der Waals surface area contributed by atoms with Crippen LogP contribution < -0.4 is 5.32 Å². The van der Waals surface area contributed by atoms with Crippen LogP contribution >= 0.6 is 0 Å². The van der Waals surface area contributed by atoms with Crippen molar-refractivity contribution in [2.75, 3.05) is 0 Å². The van der Waals surface area contributed by atoms with E-state index in [-0.39, 0.29) is 5.82 Å².